The van der Waals surface area contributed by atoms with Crippen molar-refractivity contribution in [2.45, 2.75) is 26.3 Å². The Bertz CT molecular complexity index is 423. The van der Waals surface area contributed by atoms with E-state index < -0.39 is 0 Å². The molecule has 100 valence electrons. The maximum atomic E-state index is 11.9. The number of nitrogen functional groups attached to an aromatic ring is 1. The number of halogens is 1. The molecule has 0 aliphatic rings. The number of benzene rings is 1. The quantitative estimate of drug-likeness (QED) is 0.808. The zero-order chi connectivity index (χ0) is 13.7. The Balaban J connectivity index is 2.62. The van der Waals surface area contributed by atoms with Crippen LogP contribution >= 0.6 is 11.6 Å². The second-order valence-corrected chi connectivity index (χ2v) is 4.87. The third kappa shape index (κ3) is 4.20. The fourth-order valence-electron chi connectivity index (χ4n) is 1.52. The van der Waals surface area contributed by atoms with E-state index in [1.165, 1.54) is 0 Å². The van der Waals surface area contributed by atoms with E-state index in [2.05, 4.69) is 19.2 Å². The van der Waals surface area contributed by atoms with E-state index >= 15 is 0 Å². The number of carbonyl (C=O) groups is 1. The van der Waals surface area contributed by atoms with Gasteiger partial charge in [-0.3, -0.25) is 9.69 Å². The first-order valence-electron chi connectivity index (χ1n) is 5.99. The number of amides is 1. The molecule has 0 radical (unpaired) electrons. The molecule has 0 bridgehead atoms. The van der Waals surface area contributed by atoms with Gasteiger partial charge in [-0.05, 0) is 38.6 Å². The summed E-state index contributed by atoms with van der Waals surface area (Å²) in [5, 5.41) is 3.26. The molecule has 0 saturated carbocycles. The van der Waals surface area contributed by atoms with E-state index in [1.807, 2.05) is 11.9 Å². The maximum absolute atomic E-state index is 11.9. The minimum absolute atomic E-state index is 0.0923. The highest BCUT2D eigenvalue weighted by Crippen LogP contribution is 2.23. The Morgan fingerprint density at radius 3 is 2.83 bits per heavy atom. The van der Waals surface area contributed by atoms with Crippen molar-refractivity contribution in [3.8, 4) is 0 Å². The van der Waals surface area contributed by atoms with Crippen molar-refractivity contribution >= 4 is 28.9 Å². The molecule has 0 aliphatic carbocycles. The van der Waals surface area contributed by atoms with Gasteiger partial charge in [0.05, 0.1) is 17.3 Å². The molecule has 0 fully saturated rings. The molecule has 0 saturated heterocycles. The number of rotatable bonds is 5. The van der Waals surface area contributed by atoms with Crippen LogP contribution in [0.5, 0.6) is 0 Å². The Morgan fingerprint density at radius 2 is 2.22 bits per heavy atom. The molecule has 4 nitrogen and oxygen atoms in total. The standard InChI is InChI=1S/C13H20ClN3O/c1-4-9(2)17(3)8-13(18)16-12-7-10(15)5-6-11(12)14/h5-7,9H,4,8,15H2,1-3H3,(H,16,18). The predicted octanol–water partition coefficient (Wildman–Crippen LogP) is 2.59. The molecule has 1 amide bonds. The van der Waals surface area contributed by atoms with Crippen LogP contribution in [0.3, 0.4) is 0 Å². The molecule has 0 aliphatic heterocycles. The minimum atomic E-state index is -0.0923. The molecule has 3 N–H and O–H groups in total. The van der Waals surface area contributed by atoms with Crippen LogP contribution in [0.15, 0.2) is 18.2 Å². The van der Waals surface area contributed by atoms with E-state index in [-0.39, 0.29) is 5.91 Å². The summed E-state index contributed by atoms with van der Waals surface area (Å²) in [5.74, 6) is -0.0923. The molecule has 0 aromatic heterocycles. The van der Waals surface area contributed by atoms with Crippen LogP contribution in [0, 0.1) is 0 Å². The Morgan fingerprint density at radius 1 is 1.56 bits per heavy atom. The van der Waals surface area contributed by atoms with Gasteiger partial charge in [-0.25, -0.2) is 0 Å². The second-order valence-electron chi connectivity index (χ2n) is 4.46. The van der Waals surface area contributed by atoms with E-state index in [4.69, 9.17) is 17.3 Å². The van der Waals surface area contributed by atoms with Gasteiger partial charge in [0.15, 0.2) is 0 Å². The summed E-state index contributed by atoms with van der Waals surface area (Å²) >= 11 is 5.98. The van der Waals surface area contributed by atoms with Gasteiger partial charge in [-0.2, -0.15) is 0 Å². The van der Waals surface area contributed by atoms with Crippen molar-refractivity contribution in [3.63, 3.8) is 0 Å². The van der Waals surface area contributed by atoms with Gasteiger partial charge < -0.3 is 11.1 Å². The van der Waals surface area contributed by atoms with Crippen molar-refractivity contribution < 1.29 is 4.79 Å². The van der Waals surface area contributed by atoms with Crippen LogP contribution in [-0.4, -0.2) is 30.4 Å². The highest BCUT2D eigenvalue weighted by molar-refractivity contribution is 6.33. The first-order valence-corrected chi connectivity index (χ1v) is 6.37. The summed E-state index contributed by atoms with van der Waals surface area (Å²) in [5.41, 5.74) is 6.78. The average molecular weight is 270 g/mol. The van der Waals surface area contributed by atoms with Crippen LogP contribution in [0.1, 0.15) is 20.3 Å². The molecule has 0 spiro atoms. The summed E-state index contributed by atoms with van der Waals surface area (Å²) in [6.07, 6.45) is 1.00. The normalized spacial score (nSPS) is 12.5. The van der Waals surface area contributed by atoms with Gasteiger partial charge in [0.1, 0.15) is 0 Å². The van der Waals surface area contributed by atoms with Crippen molar-refractivity contribution in [2.24, 2.45) is 0 Å². The Labute approximate surface area is 113 Å². The highest BCUT2D eigenvalue weighted by Gasteiger charge is 2.12. The summed E-state index contributed by atoms with van der Waals surface area (Å²) < 4.78 is 0. The number of nitrogens with two attached hydrogens (primary N) is 1. The summed E-state index contributed by atoms with van der Waals surface area (Å²) in [4.78, 5) is 13.9. The molecular weight excluding hydrogens is 250 g/mol. The second kappa shape index (κ2) is 6.61. The molecule has 5 heteroatoms. The number of carbonyl (C=O) groups excluding carboxylic acids is 1. The van der Waals surface area contributed by atoms with E-state index in [0.29, 0.717) is 29.0 Å². The lowest BCUT2D eigenvalue weighted by Gasteiger charge is -2.22. The summed E-state index contributed by atoms with van der Waals surface area (Å²) in [6, 6.07) is 5.39. The first kappa shape index (κ1) is 14.8. The number of hydrogen-bond acceptors (Lipinski definition) is 3. The Kier molecular flexibility index (Phi) is 5.44. The highest BCUT2D eigenvalue weighted by atomic mass is 35.5. The lowest BCUT2D eigenvalue weighted by atomic mass is 10.2. The number of nitrogens with one attached hydrogen (secondary N) is 1. The minimum Gasteiger partial charge on any atom is -0.399 e. The van der Waals surface area contributed by atoms with Gasteiger partial charge in [-0.1, -0.05) is 18.5 Å². The monoisotopic (exact) mass is 269 g/mol. The van der Waals surface area contributed by atoms with Crippen LogP contribution < -0.4 is 11.1 Å². The number of nitrogens with zero attached hydrogens (tertiary/aromatic N) is 1. The van der Waals surface area contributed by atoms with Gasteiger partial charge in [0.2, 0.25) is 5.91 Å². The molecule has 1 aromatic rings. The summed E-state index contributed by atoms with van der Waals surface area (Å²) in [7, 11) is 1.93. The molecule has 0 heterocycles. The van der Waals surface area contributed by atoms with Crippen molar-refractivity contribution in [1.29, 1.82) is 0 Å². The molecule has 1 aromatic carbocycles. The molecule has 18 heavy (non-hydrogen) atoms. The van der Waals surface area contributed by atoms with Crippen molar-refractivity contribution in [2.75, 3.05) is 24.6 Å². The first-order chi connectivity index (χ1) is 8.43. The number of anilines is 2. The molecule has 1 unspecified atom stereocenters. The Hall–Kier alpha value is -1.26. The van der Waals surface area contributed by atoms with Gasteiger partial charge in [0, 0.05) is 11.7 Å². The third-order valence-corrected chi connectivity index (χ3v) is 3.33. The van der Waals surface area contributed by atoms with Crippen molar-refractivity contribution in [1.82, 2.24) is 4.90 Å². The lowest BCUT2D eigenvalue weighted by Crippen LogP contribution is -2.36. The largest absolute Gasteiger partial charge is 0.399 e. The topological polar surface area (TPSA) is 58.4 Å². The van der Waals surface area contributed by atoms with Gasteiger partial charge in [-0.15, -0.1) is 0 Å². The van der Waals surface area contributed by atoms with E-state index in [9.17, 15) is 4.79 Å². The van der Waals surface area contributed by atoms with Crippen molar-refractivity contribution in [3.05, 3.63) is 23.2 Å². The predicted molar refractivity (Wildman–Crippen MR) is 76.9 cm³/mol. The zero-order valence-corrected chi connectivity index (χ0v) is 11.8. The molecule has 1 rings (SSSR count). The van der Waals surface area contributed by atoms with E-state index in [0.717, 1.165) is 6.42 Å². The average Bonchev–Trinajstić information content (AvgIpc) is 2.32. The van der Waals surface area contributed by atoms with Gasteiger partial charge in [0.25, 0.3) is 0 Å². The summed E-state index contributed by atoms with van der Waals surface area (Å²) in [6.45, 7) is 4.51. The van der Waals surface area contributed by atoms with Gasteiger partial charge >= 0.3 is 0 Å². The zero-order valence-electron chi connectivity index (χ0n) is 11.0. The van der Waals surface area contributed by atoms with E-state index in [1.54, 1.807) is 18.2 Å². The number of likely N-dealkylation sites (N-methyl/N-ethyl adjacent to an activating group) is 1. The smallest absolute Gasteiger partial charge is 0.238 e. The third-order valence-electron chi connectivity index (χ3n) is 3.00. The van der Waals surface area contributed by atoms with Crippen LogP contribution in [0.25, 0.3) is 0 Å². The fourth-order valence-corrected chi connectivity index (χ4v) is 1.69. The van der Waals surface area contributed by atoms with Crippen LogP contribution in [0.4, 0.5) is 11.4 Å². The molecule has 1 atom stereocenters. The fraction of sp³-hybridized carbons (Fsp3) is 0.462. The number of hydrogen-bond donors (Lipinski definition) is 2. The lowest BCUT2D eigenvalue weighted by molar-refractivity contribution is -0.117. The van der Waals surface area contributed by atoms with Crippen LogP contribution in [-0.2, 0) is 4.79 Å². The maximum Gasteiger partial charge on any atom is 0.238 e. The van der Waals surface area contributed by atoms with Crippen LogP contribution in [0.2, 0.25) is 5.02 Å². The SMILES string of the molecule is CCC(C)N(C)CC(=O)Nc1cc(N)ccc1Cl. The molecular formula is C13H20ClN3O.